The van der Waals surface area contributed by atoms with E-state index in [0.717, 1.165) is 6.42 Å². The van der Waals surface area contributed by atoms with Crippen LogP contribution >= 0.6 is 11.6 Å². The van der Waals surface area contributed by atoms with Crippen LogP contribution in [0.5, 0.6) is 0 Å². The summed E-state index contributed by atoms with van der Waals surface area (Å²) >= 11 is 5.77. The van der Waals surface area contributed by atoms with Crippen molar-refractivity contribution in [2.24, 2.45) is 0 Å². The van der Waals surface area contributed by atoms with Crippen molar-refractivity contribution in [1.82, 2.24) is 0 Å². The highest BCUT2D eigenvalue weighted by Crippen LogP contribution is 2.19. The summed E-state index contributed by atoms with van der Waals surface area (Å²) in [5.74, 6) is -0.297. The Kier molecular flexibility index (Phi) is 6.93. The van der Waals surface area contributed by atoms with E-state index >= 15 is 0 Å². The lowest BCUT2D eigenvalue weighted by Gasteiger charge is -2.08. The van der Waals surface area contributed by atoms with Gasteiger partial charge in [0.25, 0.3) is 0 Å². The molecule has 0 unspecified atom stereocenters. The minimum Gasteiger partial charge on any atom is -0.383 e. The number of anilines is 1. The van der Waals surface area contributed by atoms with Crippen molar-refractivity contribution in [2.45, 2.75) is 6.42 Å². The molecular formula is C12H17ClFNO2. The van der Waals surface area contributed by atoms with E-state index in [9.17, 15) is 4.39 Å². The molecule has 0 fully saturated rings. The van der Waals surface area contributed by atoms with Crippen LogP contribution in [0, 0.1) is 5.82 Å². The van der Waals surface area contributed by atoms with E-state index in [0.29, 0.717) is 37.1 Å². The first-order valence-electron chi connectivity index (χ1n) is 5.49. The van der Waals surface area contributed by atoms with Crippen molar-refractivity contribution in [3.8, 4) is 0 Å². The summed E-state index contributed by atoms with van der Waals surface area (Å²) in [5.41, 5.74) is 0.425. The second-order valence-corrected chi connectivity index (χ2v) is 3.95. The van der Waals surface area contributed by atoms with Gasteiger partial charge in [-0.15, -0.1) is 0 Å². The number of nitrogens with one attached hydrogen (secondary N) is 1. The second kappa shape index (κ2) is 8.28. The molecule has 1 N–H and O–H groups in total. The average molecular weight is 262 g/mol. The molecular weight excluding hydrogens is 245 g/mol. The van der Waals surface area contributed by atoms with Gasteiger partial charge in [0.15, 0.2) is 0 Å². The molecule has 17 heavy (non-hydrogen) atoms. The number of benzene rings is 1. The summed E-state index contributed by atoms with van der Waals surface area (Å²) < 4.78 is 23.4. The van der Waals surface area contributed by atoms with E-state index in [4.69, 9.17) is 21.1 Å². The fourth-order valence-electron chi connectivity index (χ4n) is 1.27. The Bertz CT molecular complexity index is 336. The Morgan fingerprint density at radius 2 is 2.12 bits per heavy atom. The van der Waals surface area contributed by atoms with E-state index in [-0.39, 0.29) is 5.82 Å². The van der Waals surface area contributed by atoms with Gasteiger partial charge in [-0.25, -0.2) is 4.39 Å². The molecule has 0 aliphatic rings. The third kappa shape index (κ3) is 5.86. The molecule has 0 saturated carbocycles. The Labute approximate surface area is 106 Å². The van der Waals surface area contributed by atoms with Gasteiger partial charge in [0, 0.05) is 25.3 Å². The molecule has 1 rings (SSSR count). The zero-order valence-electron chi connectivity index (χ0n) is 9.84. The molecule has 0 aromatic heterocycles. The third-order valence-corrected chi connectivity index (χ3v) is 2.38. The molecule has 5 heteroatoms. The Morgan fingerprint density at radius 1 is 1.29 bits per heavy atom. The topological polar surface area (TPSA) is 30.5 Å². The van der Waals surface area contributed by atoms with E-state index in [1.807, 2.05) is 0 Å². The van der Waals surface area contributed by atoms with Gasteiger partial charge < -0.3 is 14.8 Å². The third-order valence-electron chi connectivity index (χ3n) is 2.14. The molecule has 1 aromatic carbocycles. The number of hydrogen-bond acceptors (Lipinski definition) is 3. The summed E-state index contributed by atoms with van der Waals surface area (Å²) in [6, 6.07) is 4.44. The van der Waals surface area contributed by atoms with Crippen molar-refractivity contribution < 1.29 is 13.9 Å². The number of hydrogen-bond donors (Lipinski definition) is 1. The SMILES string of the molecule is COCCOCCCNc1cc(Cl)ccc1F. The first-order valence-corrected chi connectivity index (χ1v) is 5.87. The van der Waals surface area contributed by atoms with Gasteiger partial charge in [0.1, 0.15) is 5.82 Å². The Morgan fingerprint density at radius 3 is 2.88 bits per heavy atom. The van der Waals surface area contributed by atoms with Gasteiger partial charge in [0.05, 0.1) is 18.9 Å². The van der Waals surface area contributed by atoms with E-state index < -0.39 is 0 Å². The molecule has 0 aliphatic heterocycles. The summed E-state index contributed by atoms with van der Waals surface area (Å²) in [5, 5.41) is 3.49. The van der Waals surface area contributed by atoms with Crippen LogP contribution in [-0.2, 0) is 9.47 Å². The van der Waals surface area contributed by atoms with E-state index in [2.05, 4.69) is 5.32 Å². The predicted octanol–water partition coefficient (Wildman–Crippen LogP) is 2.94. The smallest absolute Gasteiger partial charge is 0.146 e. The maximum atomic E-state index is 13.3. The molecule has 3 nitrogen and oxygen atoms in total. The standard InChI is InChI=1S/C12H17ClFNO2/c1-16-7-8-17-6-2-5-15-12-9-10(13)3-4-11(12)14/h3-4,9,15H,2,5-8H2,1H3. The van der Waals surface area contributed by atoms with Gasteiger partial charge in [-0.2, -0.15) is 0 Å². The molecule has 0 amide bonds. The zero-order valence-corrected chi connectivity index (χ0v) is 10.6. The number of methoxy groups -OCH3 is 1. The number of rotatable bonds is 8. The lowest BCUT2D eigenvalue weighted by Crippen LogP contribution is -2.09. The highest BCUT2D eigenvalue weighted by Gasteiger charge is 2.01. The summed E-state index contributed by atoms with van der Waals surface area (Å²) in [6.07, 6.45) is 0.801. The van der Waals surface area contributed by atoms with Gasteiger partial charge in [-0.05, 0) is 24.6 Å². The largest absolute Gasteiger partial charge is 0.383 e. The summed E-state index contributed by atoms with van der Waals surface area (Å²) in [7, 11) is 1.63. The van der Waals surface area contributed by atoms with Crippen molar-refractivity contribution in [3.63, 3.8) is 0 Å². The average Bonchev–Trinajstić information content (AvgIpc) is 2.32. The monoisotopic (exact) mass is 261 g/mol. The van der Waals surface area contributed by atoms with Crippen LogP contribution in [-0.4, -0.2) is 33.5 Å². The maximum absolute atomic E-state index is 13.3. The molecule has 0 radical (unpaired) electrons. The van der Waals surface area contributed by atoms with E-state index in [1.54, 1.807) is 13.2 Å². The normalized spacial score (nSPS) is 10.5. The molecule has 0 atom stereocenters. The minimum absolute atomic E-state index is 0.297. The molecule has 0 aliphatic carbocycles. The first kappa shape index (κ1) is 14.2. The Hall–Kier alpha value is -0.840. The van der Waals surface area contributed by atoms with Crippen LogP contribution in [0.15, 0.2) is 18.2 Å². The van der Waals surface area contributed by atoms with Gasteiger partial charge in [-0.3, -0.25) is 0 Å². The molecule has 0 bridgehead atoms. The van der Waals surface area contributed by atoms with Crippen LogP contribution in [0.3, 0.4) is 0 Å². The summed E-state index contributed by atoms with van der Waals surface area (Å²) in [6.45, 7) is 2.45. The highest BCUT2D eigenvalue weighted by molar-refractivity contribution is 6.30. The lowest BCUT2D eigenvalue weighted by atomic mass is 10.3. The Balaban J connectivity index is 2.15. The van der Waals surface area contributed by atoms with Crippen molar-refractivity contribution in [3.05, 3.63) is 29.0 Å². The number of ether oxygens (including phenoxy) is 2. The van der Waals surface area contributed by atoms with Crippen LogP contribution in [0.1, 0.15) is 6.42 Å². The molecule has 0 heterocycles. The molecule has 96 valence electrons. The minimum atomic E-state index is -0.297. The first-order chi connectivity index (χ1) is 8.24. The van der Waals surface area contributed by atoms with Crippen molar-refractivity contribution >= 4 is 17.3 Å². The van der Waals surface area contributed by atoms with Crippen LogP contribution in [0.25, 0.3) is 0 Å². The highest BCUT2D eigenvalue weighted by atomic mass is 35.5. The molecule has 0 saturated heterocycles. The quantitative estimate of drug-likeness (QED) is 0.730. The maximum Gasteiger partial charge on any atom is 0.146 e. The fourth-order valence-corrected chi connectivity index (χ4v) is 1.45. The van der Waals surface area contributed by atoms with Gasteiger partial charge >= 0.3 is 0 Å². The summed E-state index contributed by atoms with van der Waals surface area (Å²) in [4.78, 5) is 0. The van der Waals surface area contributed by atoms with Crippen LogP contribution in [0.4, 0.5) is 10.1 Å². The number of halogens is 2. The van der Waals surface area contributed by atoms with E-state index in [1.165, 1.54) is 12.1 Å². The van der Waals surface area contributed by atoms with Crippen molar-refractivity contribution in [2.75, 3.05) is 38.8 Å². The second-order valence-electron chi connectivity index (χ2n) is 3.51. The predicted molar refractivity (Wildman–Crippen MR) is 67.2 cm³/mol. The van der Waals surface area contributed by atoms with Crippen molar-refractivity contribution in [1.29, 1.82) is 0 Å². The molecule has 0 spiro atoms. The lowest BCUT2D eigenvalue weighted by molar-refractivity contribution is 0.0705. The molecule has 1 aromatic rings. The van der Waals surface area contributed by atoms with Gasteiger partial charge in [-0.1, -0.05) is 11.6 Å². The van der Waals surface area contributed by atoms with Crippen LogP contribution in [0.2, 0.25) is 5.02 Å². The van der Waals surface area contributed by atoms with Gasteiger partial charge in [0.2, 0.25) is 0 Å². The zero-order chi connectivity index (χ0) is 12.5. The fraction of sp³-hybridized carbons (Fsp3) is 0.500. The van der Waals surface area contributed by atoms with Crippen LogP contribution < -0.4 is 5.32 Å².